The zero-order chi connectivity index (χ0) is 10.3. The van der Waals surface area contributed by atoms with Gasteiger partial charge in [-0.1, -0.05) is 24.6 Å². The fourth-order valence-corrected chi connectivity index (χ4v) is 2.17. The first-order valence-corrected chi connectivity index (χ1v) is 5.00. The highest BCUT2D eigenvalue weighted by atomic mass is 35.5. The van der Waals surface area contributed by atoms with Gasteiger partial charge in [-0.3, -0.25) is 4.79 Å². The molecule has 0 aromatic heterocycles. The molecule has 14 heavy (non-hydrogen) atoms. The summed E-state index contributed by atoms with van der Waals surface area (Å²) in [4.78, 5) is 11.6. The number of fused-ring (bicyclic) bond motifs is 1. The number of ketones is 1. The molecule has 0 saturated carbocycles. The van der Waals surface area contributed by atoms with Gasteiger partial charge in [0.15, 0.2) is 5.78 Å². The molecule has 0 bridgehead atoms. The van der Waals surface area contributed by atoms with Crippen molar-refractivity contribution in [2.24, 2.45) is 0 Å². The second kappa shape index (κ2) is 3.35. The maximum Gasteiger partial charge on any atom is 0.164 e. The summed E-state index contributed by atoms with van der Waals surface area (Å²) >= 11 is 5.78. The van der Waals surface area contributed by atoms with Gasteiger partial charge in [-0.25, -0.2) is 4.39 Å². The van der Waals surface area contributed by atoms with Crippen LogP contribution in [0.15, 0.2) is 12.1 Å². The third-order valence-electron chi connectivity index (χ3n) is 2.74. The van der Waals surface area contributed by atoms with Crippen LogP contribution in [0.1, 0.15) is 41.6 Å². The smallest absolute Gasteiger partial charge is 0.164 e. The Balaban J connectivity index is 2.67. The molecular weight excluding hydrogens is 203 g/mol. The molecule has 1 nitrogen and oxygen atoms in total. The molecule has 74 valence electrons. The van der Waals surface area contributed by atoms with Crippen LogP contribution in [0.3, 0.4) is 0 Å². The highest BCUT2D eigenvalue weighted by molar-refractivity contribution is 6.34. The Bertz CT molecular complexity index is 401. The molecule has 0 saturated heterocycles. The highest BCUT2D eigenvalue weighted by Gasteiger charge is 2.26. The van der Waals surface area contributed by atoms with Gasteiger partial charge in [0.05, 0.1) is 5.02 Å². The van der Waals surface area contributed by atoms with E-state index in [1.54, 1.807) is 6.07 Å². The lowest BCUT2D eigenvalue weighted by Gasteiger charge is -2.22. The van der Waals surface area contributed by atoms with E-state index in [-0.39, 0.29) is 10.8 Å². The maximum atomic E-state index is 13.1. The molecule has 1 aliphatic carbocycles. The first kappa shape index (κ1) is 9.66. The minimum absolute atomic E-state index is 0.0148. The number of carbonyl (C=O) groups excluding carboxylic acids is 1. The van der Waals surface area contributed by atoms with Gasteiger partial charge in [0.1, 0.15) is 5.82 Å². The fraction of sp³-hybridized carbons (Fsp3) is 0.364. The molecular formula is C11H10ClFO. The van der Waals surface area contributed by atoms with Gasteiger partial charge >= 0.3 is 0 Å². The lowest BCUT2D eigenvalue weighted by molar-refractivity contribution is 0.0967. The first-order valence-electron chi connectivity index (χ1n) is 4.62. The van der Waals surface area contributed by atoms with Crippen LogP contribution >= 0.6 is 11.6 Å². The van der Waals surface area contributed by atoms with Crippen LogP contribution in [0.4, 0.5) is 4.39 Å². The molecule has 1 aromatic carbocycles. The molecule has 2 rings (SSSR count). The minimum atomic E-state index is -0.507. The maximum absolute atomic E-state index is 13.1. The Morgan fingerprint density at radius 1 is 1.50 bits per heavy atom. The van der Waals surface area contributed by atoms with Crippen LogP contribution in [-0.2, 0) is 0 Å². The van der Waals surface area contributed by atoms with Gasteiger partial charge in [0.25, 0.3) is 0 Å². The predicted octanol–water partition coefficient (Wildman–Crippen LogP) is 3.56. The summed E-state index contributed by atoms with van der Waals surface area (Å²) in [5.41, 5.74) is 1.28. The lowest BCUT2D eigenvalue weighted by atomic mass is 9.83. The van der Waals surface area contributed by atoms with Crippen molar-refractivity contribution in [3.8, 4) is 0 Å². The van der Waals surface area contributed by atoms with E-state index in [0.717, 1.165) is 12.0 Å². The van der Waals surface area contributed by atoms with E-state index >= 15 is 0 Å². The number of Topliss-reactive ketones (excluding diaryl/α,β-unsaturated/α-hetero) is 1. The predicted molar refractivity (Wildman–Crippen MR) is 53.4 cm³/mol. The number of rotatable bonds is 0. The summed E-state index contributed by atoms with van der Waals surface area (Å²) in [7, 11) is 0. The molecule has 0 aliphatic heterocycles. The van der Waals surface area contributed by atoms with Crippen molar-refractivity contribution in [1.29, 1.82) is 0 Å². The summed E-state index contributed by atoms with van der Waals surface area (Å²) in [6, 6.07) is 2.99. The van der Waals surface area contributed by atoms with Crippen molar-refractivity contribution in [2.45, 2.75) is 25.7 Å². The lowest BCUT2D eigenvalue weighted by Crippen LogP contribution is -2.15. The van der Waals surface area contributed by atoms with E-state index < -0.39 is 5.82 Å². The zero-order valence-electron chi connectivity index (χ0n) is 7.81. The van der Waals surface area contributed by atoms with Crippen LogP contribution in [0.25, 0.3) is 0 Å². The Hall–Kier alpha value is -0.890. The number of halogens is 2. The first-order chi connectivity index (χ1) is 6.61. The van der Waals surface area contributed by atoms with Crippen LogP contribution < -0.4 is 0 Å². The van der Waals surface area contributed by atoms with E-state index in [9.17, 15) is 9.18 Å². The molecule has 0 radical (unpaired) electrons. The second-order valence-electron chi connectivity index (χ2n) is 3.69. The molecule has 3 heteroatoms. The monoisotopic (exact) mass is 212 g/mol. The highest BCUT2D eigenvalue weighted by Crippen LogP contribution is 2.36. The van der Waals surface area contributed by atoms with Gasteiger partial charge in [-0.15, -0.1) is 0 Å². The average molecular weight is 213 g/mol. The van der Waals surface area contributed by atoms with Crippen molar-refractivity contribution in [3.63, 3.8) is 0 Å². The largest absolute Gasteiger partial charge is 0.294 e. The topological polar surface area (TPSA) is 17.1 Å². The van der Waals surface area contributed by atoms with Gasteiger partial charge in [0, 0.05) is 12.0 Å². The van der Waals surface area contributed by atoms with Crippen LogP contribution in [-0.4, -0.2) is 5.78 Å². The minimum Gasteiger partial charge on any atom is -0.294 e. The van der Waals surface area contributed by atoms with E-state index in [0.29, 0.717) is 17.9 Å². The molecule has 1 atom stereocenters. The summed E-state index contributed by atoms with van der Waals surface area (Å²) in [6.45, 7) is 2.03. The van der Waals surface area contributed by atoms with Crippen molar-refractivity contribution in [3.05, 3.63) is 34.1 Å². The van der Waals surface area contributed by atoms with Crippen molar-refractivity contribution < 1.29 is 9.18 Å². The van der Waals surface area contributed by atoms with E-state index in [4.69, 9.17) is 11.6 Å². The van der Waals surface area contributed by atoms with Crippen LogP contribution in [0.5, 0.6) is 0 Å². The fourth-order valence-electron chi connectivity index (χ4n) is 1.89. The van der Waals surface area contributed by atoms with Gasteiger partial charge < -0.3 is 0 Å². The molecule has 0 spiro atoms. The summed E-state index contributed by atoms with van der Waals surface area (Å²) < 4.78 is 13.1. The van der Waals surface area contributed by atoms with E-state index in [1.807, 2.05) is 6.92 Å². The van der Waals surface area contributed by atoms with Crippen molar-refractivity contribution >= 4 is 17.4 Å². The number of carbonyl (C=O) groups is 1. The zero-order valence-corrected chi connectivity index (χ0v) is 8.57. The number of benzene rings is 1. The number of hydrogen-bond acceptors (Lipinski definition) is 1. The van der Waals surface area contributed by atoms with E-state index in [2.05, 4.69) is 0 Å². The van der Waals surface area contributed by atoms with Crippen LogP contribution in [0, 0.1) is 5.82 Å². The quantitative estimate of drug-likeness (QED) is 0.643. The van der Waals surface area contributed by atoms with Crippen molar-refractivity contribution in [1.82, 2.24) is 0 Å². The van der Waals surface area contributed by atoms with Gasteiger partial charge in [0.2, 0.25) is 0 Å². The van der Waals surface area contributed by atoms with Gasteiger partial charge in [-0.05, 0) is 24.0 Å². The van der Waals surface area contributed by atoms with Crippen molar-refractivity contribution in [2.75, 3.05) is 0 Å². The SMILES string of the molecule is CC1CCC(=O)c2c1ccc(F)c2Cl. The molecule has 0 heterocycles. The average Bonchev–Trinajstić information content (AvgIpc) is 2.16. The van der Waals surface area contributed by atoms with Gasteiger partial charge in [-0.2, -0.15) is 0 Å². The standard InChI is InChI=1S/C11H10ClFO/c1-6-2-5-9(14)10-7(6)3-4-8(13)11(10)12/h3-4,6H,2,5H2,1H3. The second-order valence-corrected chi connectivity index (χ2v) is 4.07. The van der Waals surface area contributed by atoms with Crippen LogP contribution in [0.2, 0.25) is 5.02 Å². The third-order valence-corrected chi connectivity index (χ3v) is 3.11. The Morgan fingerprint density at radius 3 is 2.93 bits per heavy atom. The summed E-state index contributed by atoms with van der Waals surface area (Å²) in [5.74, 6) is -0.253. The molecule has 0 N–H and O–H groups in total. The normalized spacial score (nSPS) is 20.8. The molecule has 1 aromatic rings. The Kier molecular flexibility index (Phi) is 2.31. The molecule has 1 aliphatic rings. The summed E-state index contributed by atoms with van der Waals surface area (Å²) in [5, 5.41) is -0.0148. The Morgan fingerprint density at radius 2 is 2.21 bits per heavy atom. The molecule has 1 unspecified atom stereocenters. The molecule has 0 fully saturated rings. The number of hydrogen-bond donors (Lipinski definition) is 0. The van der Waals surface area contributed by atoms with E-state index in [1.165, 1.54) is 6.07 Å². The molecule has 0 amide bonds. The third kappa shape index (κ3) is 1.34. The summed E-state index contributed by atoms with van der Waals surface area (Å²) in [6.07, 6.45) is 1.30. The Labute approximate surface area is 86.9 Å².